The van der Waals surface area contributed by atoms with Crippen molar-refractivity contribution in [2.45, 2.75) is 25.8 Å². The second-order valence-corrected chi connectivity index (χ2v) is 5.60. The Hall–Kier alpha value is -1.47. The summed E-state index contributed by atoms with van der Waals surface area (Å²) in [6.07, 6.45) is 1.99. The molecule has 0 aromatic carbocycles. The Labute approximate surface area is 122 Å². The van der Waals surface area contributed by atoms with Crippen molar-refractivity contribution in [2.24, 2.45) is 0 Å². The number of anilines is 1. The van der Waals surface area contributed by atoms with Gasteiger partial charge in [0.1, 0.15) is 5.69 Å². The van der Waals surface area contributed by atoms with Gasteiger partial charge in [-0.2, -0.15) is 4.98 Å². The number of hydrogen-bond donors (Lipinski definition) is 0. The van der Waals surface area contributed by atoms with Crippen molar-refractivity contribution >= 4 is 23.1 Å². The summed E-state index contributed by atoms with van der Waals surface area (Å²) in [4.78, 5) is 22.9. The smallest absolute Gasteiger partial charge is 0.332 e. The summed E-state index contributed by atoms with van der Waals surface area (Å²) < 4.78 is 0. The fraction of sp³-hybridized carbons (Fsp3) is 0.667. The molecule has 1 unspecified atom stereocenters. The highest BCUT2D eigenvalue weighted by molar-refractivity contribution is 6.28. The van der Waals surface area contributed by atoms with E-state index in [0.717, 1.165) is 25.9 Å². The van der Waals surface area contributed by atoms with Gasteiger partial charge in [-0.25, -0.2) is 4.98 Å². The summed E-state index contributed by atoms with van der Waals surface area (Å²) >= 11 is 5.88. The van der Waals surface area contributed by atoms with E-state index in [9.17, 15) is 10.1 Å². The van der Waals surface area contributed by atoms with Crippen LogP contribution < -0.4 is 4.90 Å². The molecule has 1 aliphatic rings. The van der Waals surface area contributed by atoms with Crippen molar-refractivity contribution < 1.29 is 4.92 Å². The topological polar surface area (TPSA) is 75.4 Å². The van der Waals surface area contributed by atoms with E-state index in [1.165, 1.54) is 0 Å². The van der Waals surface area contributed by atoms with Crippen molar-refractivity contribution in [3.05, 3.63) is 21.1 Å². The quantitative estimate of drug-likeness (QED) is 0.480. The Morgan fingerprint density at radius 2 is 2.20 bits per heavy atom. The molecule has 1 aliphatic heterocycles. The van der Waals surface area contributed by atoms with Gasteiger partial charge in [-0.3, -0.25) is 10.1 Å². The maximum Gasteiger partial charge on any atom is 0.332 e. The van der Waals surface area contributed by atoms with E-state index < -0.39 is 4.92 Å². The van der Waals surface area contributed by atoms with E-state index in [2.05, 4.69) is 14.9 Å². The lowest BCUT2D eigenvalue weighted by molar-refractivity contribution is -0.385. The van der Waals surface area contributed by atoms with Gasteiger partial charge >= 0.3 is 5.69 Å². The third-order valence-corrected chi connectivity index (χ3v) is 3.59. The van der Waals surface area contributed by atoms with Crippen molar-refractivity contribution in [3.63, 3.8) is 0 Å². The Kier molecular flexibility index (Phi) is 4.39. The van der Waals surface area contributed by atoms with E-state index in [-0.39, 0.29) is 17.0 Å². The highest BCUT2D eigenvalue weighted by Crippen LogP contribution is 2.34. The summed E-state index contributed by atoms with van der Waals surface area (Å²) in [5.41, 5.74) is 0.264. The molecule has 1 atom stereocenters. The highest BCUT2D eigenvalue weighted by Gasteiger charge is 2.33. The average Bonchev–Trinajstić information content (AvgIpc) is 2.74. The molecule has 0 N–H and O–H groups in total. The number of hydrogen-bond acceptors (Lipinski definition) is 6. The van der Waals surface area contributed by atoms with Gasteiger partial charge < -0.3 is 9.80 Å². The monoisotopic (exact) mass is 299 g/mol. The van der Waals surface area contributed by atoms with Crippen molar-refractivity contribution in [3.8, 4) is 0 Å². The number of nitrogens with zero attached hydrogens (tertiary/aromatic N) is 5. The number of nitro groups is 1. The lowest BCUT2D eigenvalue weighted by atomic mass is 10.2. The number of likely N-dealkylation sites (N-methyl/N-ethyl adjacent to an activating group) is 1. The molecule has 1 saturated heterocycles. The minimum atomic E-state index is -0.425. The fourth-order valence-electron chi connectivity index (χ4n) is 2.66. The molecule has 1 aromatic rings. The van der Waals surface area contributed by atoms with Gasteiger partial charge in [-0.05, 0) is 45.5 Å². The standard InChI is InChI=1S/C12H18ClN5O2/c1-8-10(18(19)20)11(15-12(13)14-8)17-6-4-5-9(17)7-16(2)3/h9H,4-7H2,1-3H3. The zero-order valence-corrected chi connectivity index (χ0v) is 12.6. The van der Waals surface area contributed by atoms with Gasteiger partial charge in [0.2, 0.25) is 11.1 Å². The molecular weight excluding hydrogens is 282 g/mol. The molecule has 1 fully saturated rings. The van der Waals surface area contributed by atoms with Crippen molar-refractivity contribution in [2.75, 3.05) is 32.1 Å². The average molecular weight is 300 g/mol. The fourth-order valence-corrected chi connectivity index (χ4v) is 2.87. The summed E-state index contributed by atoms with van der Waals surface area (Å²) in [6.45, 7) is 3.18. The van der Waals surface area contributed by atoms with Crippen LogP contribution in [0.4, 0.5) is 11.5 Å². The molecule has 1 aromatic heterocycles. The van der Waals surface area contributed by atoms with Crippen LogP contribution in [0, 0.1) is 17.0 Å². The molecule has 0 aliphatic carbocycles. The minimum absolute atomic E-state index is 0.0416. The zero-order valence-electron chi connectivity index (χ0n) is 11.8. The van der Waals surface area contributed by atoms with Gasteiger partial charge in [-0.15, -0.1) is 0 Å². The SMILES string of the molecule is Cc1nc(Cl)nc(N2CCCC2CN(C)C)c1[N+](=O)[O-]. The molecule has 0 bridgehead atoms. The van der Waals surface area contributed by atoms with E-state index in [4.69, 9.17) is 11.6 Å². The summed E-state index contributed by atoms with van der Waals surface area (Å²) in [6, 6.07) is 0.217. The van der Waals surface area contributed by atoms with Crippen LogP contribution in [0.1, 0.15) is 18.5 Å². The lowest BCUT2D eigenvalue weighted by Crippen LogP contribution is -2.38. The molecular formula is C12H18ClN5O2. The zero-order chi connectivity index (χ0) is 14.9. The lowest BCUT2D eigenvalue weighted by Gasteiger charge is -2.27. The molecule has 0 spiro atoms. The number of aromatic nitrogens is 2. The van der Waals surface area contributed by atoms with Crippen LogP contribution in [-0.4, -0.2) is 53.0 Å². The van der Waals surface area contributed by atoms with E-state index in [1.807, 2.05) is 19.0 Å². The molecule has 0 amide bonds. The normalized spacial score (nSPS) is 18.9. The minimum Gasteiger partial charge on any atom is -0.346 e. The molecule has 2 rings (SSSR count). The first kappa shape index (κ1) is 14.9. The molecule has 110 valence electrons. The summed E-state index contributed by atoms with van der Waals surface area (Å²) in [5.74, 6) is 0.344. The van der Waals surface area contributed by atoms with Crippen LogP contribution in [0.5, 0.6) is 0 Å². The van der Waals surface area contributed by atoms with Crippen LogP contribution >= 0.6 is 11.6 Å². The maximum absolute atomic E-state index is 11.3. The molecule has 0 saturated carbocycles. The van der Waals surface area contributed by atoms with E-state index in [1.54, 1.807) is 6.92 Å². The van der Waals surface area contributed by atoms with Crippen LogP contribution in [0.15, 0.2) is 0 Å². The molecule has 8 heteroatoms. The third-order valence-electron chi connectivity index (χ3n) is 3.42. The second-order valence-electron chi connectivity index (χ2n) is 5.26. The third kappa shape index (κ3) is 2.99. The second kappa shape index (κ2) is 5.88. The van der Waals surface area contributed by atoms with Gasteiger partial charge in [0.05, 0.1) is 4.92 Å². The molecule has 7 nitrogen and oxygen atoms in total. The molecule has 2 heterocycles. The van der Waals surface area contributed by atoms with E-state index >= 15 is 0 Å². The summed E-state index contributed by atoms with van der Waals surface area (Å²) in [5, 5.41) is 11.3. The van der Waals surface area contributed by atoms with Gasteiger partial charge in [-0.1, -0.05) is 0 Å². The molecule has 20 heavy (non-hydrogen) atoms. The van der Waals surface area contributed by atoms with Crippen LogP contribution in [0.25, 0.3) is 0 Å². The molecule has 0 radical (unpaired) electrons. The Bertz CT molecular complexity index is 523. The van der Waals surface area contributed by atoms with E-state index in [0.29, 0.717) is 11.5 Å². The van der Waals surface area contributed by atoms with Crippen LogP contribution in [-0.2, 0) is 0 Å². The maximum atomic E-state index is 11.3. The predicted octanol–water partition coefficient (Wildman–Crippen LogP) is 1.88. The first-order valence-electron chi connectivity index (χ1n) is 6.50. The number of rotatable bonds is 4. The highest BCUT2D eigenvalue weighted by atomic mass is 35.5. The Morgan fingerprint density at radius 3 is 2.80 bits per heavy atom. The summed E-state index contributed by atoms with van der Waals surface area (Å²) in [7, 11) is 3.98. The predicted molar refractivity (Wildman–Crippen MR) is 77.4 cm³/mol. The first-order valence-corrected chi connectivity index (χ1v) is 6.88. The first-order chi connectivity index (χ1) is 9.40. The van der Waals surface area contributed by atoms with Gasteiger partial charge in [0.15, 0.2) is 0 Å². The van der Waals surface area contributed by atoms with Crippen LogP contribution in [0.3, 0.4) is 0 Å². The number of aryl methyl sites for hydroxylation is 1. The van der Waals surface area contributed by atoms with Crippen molar-refractivity contribution in [1.29, 1.82) is 0 Å². The largest absolute Gasteiger partial charge is 0.346 e. The van der Waals surface area contributed by atoms with Crippen LogP contribution in [0.2, 0.25) is 5.28 Å². The number of halogens is 1. The Balaban J connectivity index is 2.43. The van der Waals surface area contributed by atoms with Gasteiger partial charge in [0, 0.05) is 19.1 Å². The van der Waals surface area contributed by atoms with Crippen molar-refractivity contribution in [1.82, 2.24) is 14.9 Å². The van der Waals surface area contributed by atoms with Gasteiger partial charge in [0.25, 0.3) is 0 Å². The Morgan fingerprint density at radius 1 is 1.50 bits per heavy atom.